The Kier molecular flexibility index (Phi) is 5.61. The first-order valence-electron chi connectivity index (χ1n) is 11.1. The number of fused-ring (bicyclic) bond motifs is 1. The maximum absolute atomic E-state index is 11.4. The van der Waals surface area contributed by atoms with Gasteiger partial charge in [-0.15, -0.1) is 0 Å². The summed E-state index contributed by atoms with van der Waals surface area (Å²) in [5, 5.41) is 9.37. The molecule has 1 aliphatic carbocycles. The van der Waals surface area contributed by atoms with E-state index in [2.05, 4.69) is 50.9 Å². The minimum Gasteiger partial charge on any atom is -0.489 e. The van der Waals surface area contributed by atoms with E-state index in [-0.39, 0.29) is 23.2 Å². The van der Waals surface area contributed by atoms with Crippen LogP contribution >= 0.6 is 0 Å². The number of ether oxygens (including phenoxy) is 1. The Labute approximate surface area is 190 Å². The standard InChI is InChI=1S/C27H32N2O3/c1-26(2)17-27(3,4)23-14-18(6-11-22(23)26)16-32-20-9-7-19(8-10-20)21(15-24(30)31)25-28-12-13-29(25)5/h6-14,21H,15-17H2,1-5H3,(H,30,31)/t21-/m0/s1. The third-order valence-electron chi connectivity index (χ3n) is 6.66. The van der Waals surface area contributed by atoms with Crippen LogP contribution in [0.1, 0.15) is 74.5 Å². The number of rotatable bonds is 7. The van der Waals surface area contributed by atoms with Gasteiger partial charge in [-0.1, -0.05) is 58.0 Å². The maximum Gasteiger partial charge on any atom is 0.304 e. The summed E-state index contributed by atoms with van der Waals surface area (Å²) in [5.41, 5.74) is 5.31. The van der Waals surface area contributed by atoms with Crippen molar-refractivity contribution in [3.05, 3.63) is 82.9 Å². The molecule has 0 saturated heterocycles. The van der Waals surface area contributed by atoms with Crippen LogP contribution < -0.4 is 4.74 Å². The summed E-state index contributed by atoms with van der Waals surface area (Å²) in [6, 6.07) is 14.4. The molecule has 5 nitrogen and oxygen atoms in total. The third kappa shape index (κ3) is 4.29. The molecular formula is C27H32N2O3. The predicted molar refractivity (Wildman–Crippen MR) is 125 cm³/mol. The van der Waals surface area contributed by atoms with Gasteiger partial charge in [-0.25, -0.2) is 4.98 Å². The number of hydrogen-bond acceptors (Lipinski definition) is 3. The van der Waals surface area contributed by atoms with E-state index in [0.29, 0.717) is 6.61 Å². The number of aliphatic carboxylic acids is 1. The highest BCUT2D eigenvalue weighted by molar-refractivity contribution is 5.68. The summed E-state index contributed by atoms with van der Waals surface area (Å²) < 4.78 is 7.93. The first-order valence-corrected chi connectivity index (χ1v) is 11.1. The van der Waals surface area contributed by atoms with Gasteiger partial charge in [0.05, 0.1) is 12.3 Å². The van der Waals surface area contributed by atoms with Crippen LogP contribution in [0.15, 0.2) is 54.9 Å². The van der Waals surface area contributed by atoms with Gasteiger partial charge in [0.1, 0.15) is 18.2 Å². The molecule has 1 aromatic heterocycles. The molecule has 168 valence electrons. The van der Waals surface area contributed by atoms with E-state index < -0.39 is 5.97 Å². The molecule has 5 heteroatoms. The zero-order valence-electron chi connectivity index (χ0n) is 19.6. The van der Waals surface area contributed by atoms with Crippen LogP contribution in [0.2, 0.25) is 0 Å². The second-order valence-electron chi connectivity index (χ2n) is 10.2. The number of imidazole rings is 1. The molecule has 0 fully saturated rings. The van der Waals surface area contributed by atoms with Crippen molar-refractivity contribution in [2.24, 2.45) is 7.05 Å². The summed E-state index contributed by atoms with van der Waals surface area (Å²) in [7, 11) is 1.88. The summed E-state index contributed by atoms with van der Waals surface area (Å²) in [5.74, 6) is 0.359. The van der Waals surface area contributed by atoms with Crippen LogP contribution in [-0.2, 0) is 29.3 Å². The summed E-state index contributed by atoms with van der Waals surface area (Å²) >= 11 is 0. The lowest BCUT2D eigenvalue weighted by atomic mass is 9.82. The largest absolute Gasteiger partial charge is 0.489 e. The fourth-order valence-corrected chi connectivity index (χ4v) is 5.34. The van der Waals surface area contributed by atoms with Crippen molar-refractivity contribution in [2.75, 3.05) is 0 Å². The van der Waals surface area contributed by atoms with Gasteiger partial charge in [-0.2, -0.15) is 0 Å². The minimum atomic E-state index is -0.846. The van der Waals surface area contributed by atoms with E-state index in [1.54, 1.807) is 6.20 Å². The lowest BCUT2D eigenvalue weighted by Gasteiger charge is -2.22. The molecule has 1 heterocycles. The van der Waals surface area contributed by atoms with Gasteiger partial charge in [0.15, 0.2) is 0 Å². The number of nitrogens with zero attached hydrogens (tertiary/aromatic N) is 2. The van der Waals surface area contributed by atoms with E-state index in [9.17, 15) is 9.90 Å². The lowest BCUT2D eigenvalue weighted by Crippen LogP contribution is -2.18. The first-order chi connectivity index (χ1) is 15.1. The summed E-state index contributed by atoms with van der Waals surface area (Å²) in [6.07, 6.45) is 4.67. The molecule has 0 saturated carbocycles. The second kappa shape index (κ2) is 8.12. The van der Waals surface area contributed by atoms with Gasteiger partial charge in [0, 0.05) is 19.4 Å². The number of carboxylic acid groups (broad SMARTS) is 1. The van der Waals surface area contributed by atoms with E-state index >= 15 is 0 Å². The number of carboxylic acids is 1. The molecule has 0 unspecified atom stereocenters. The average molecular weight is 433 g/mol. The molecule has 3 aromatic rings. The molecule has 1 aliphatic rings. The van der Waals surface area contributed by atoms with E-state index in [1.165, 1.54) is 11.1 Å². The average Bonchev–Trinajstić information content (AvgIpc) is 3.22. The Morgan fingerprint density at radius 1 is 1.09 bits per heavy atom. The SMILES string of the molecule is Cn1ccnc1[C@@H](CC(=O)O)c1ccc(OCc2ccc3c(c2)C(C)(C)CC3(C)C)cc1. The van der Waals surface area contributed by atoms with Gasteiger partial charge in [0.2, 0.25) is 0 Å². The monoisotopic (exact) mass is 432 g/mol. The molecule has 0 radical (unpaired) electrons. The fraction of sp³-hybridized carbons (Fsp3) is 0.407. The Morgan fingerprint density at radius 2 is 1.78 bits per heavy atom. The zero-order chi connectivity index (χ0) is 23.1. The van der Waals surface area contributed by atoms with Crippen molar-refractivity contribution < 1.29 is 14.6 Å². The lowest BCUT2D eigenvalue weighted by molar-refractivity contribution is -0.137. The van der Waals surface area contributed by atoms with Crippen LogP contribution in [0.4, 0.5) is 0 Å². The van der Waals surface area contributed by atoms with Crippen LogP contribution in [0.25, 0.3) is 0 Å². The van der Waals surface area contributed by atoms with Crippen molar-refractivity contribution in [3.8, 4) is 5.75 Å². The quantitative estimate of drug-likeness (QED) is 0.530. The Balaban J connectivity index is 1.49. The van der Waals surface area contributed by atoms with Crippen molar-refractivity contribution in [1.82, 2.24) is 9.55 Å². The minimum absolute atomic E-state index is 0.00762. The molecule has 0 amide bonds. The predicted octanol–water partition coefficient (Wildman–Crippen LogP) is 5.56. The van der Waals surface area contributed by atoms with E-state index in [1.807, 2.05) is 42.1 Å². The zero-order valence-corrected chi connectivity index (χ0v) is 19.6. The number of benzene rings is 2. The summed E-state index contributed by atoms with van der Waals surface area (Å²) in [4.78, 5) is 15.8. The smallest absolute Gasteiger partial charge is 0.304 e. The molecule has 2 aromatic carbocycles. The van der Waals surface area contributed by atoms with Gasteiger partial charge in [0.25, 0.3) is 0 Å². The molecule has 0 spiro atoms. The molecule has 32 heavy (non-hydrogen) atoms. The van der Waals surface area contributed by atoms with Crippen LogP contribution in [0.5, 0.6) is 5.75 Å². The molecule has 1 N–H and O–H groups in total. The van der Waals surface area contributed by atoms with Gasteiger partial charge in [-0.3, -0.25) is 4.79 Å². The fourth-order valence-electron chi connectivity index (χ4n) is 5.34. The number of hydrogen-bond donors (Lipinski definition) is 1. The molecule has 0 aliphatic heterocycles. The molecular weight excluding hydrogens is 400 g/mol. The second-order valence-corrected chi connectivity index (χ2v) is 10.2. The topological polar surface area (TPSA) is 64.4 Å². The molecule has 0 bridgehead atoms. The van der Waals surface area contributed by atoms with Crippen molar-refractivity contribution in [3.63, 3.8) is 0 Å². The van der Waals surface area contributed by atoms with Crippen molar-refractivity contribution in [1.29, 1.82) is 0 Å². The van der Waals surface area contributed by atoms with Gasteiger partial charge < -0.3 is 14.4 Å². The Bertz CT molecular complexity index is 1130. The highest BCUT2D eigenvalue weighted by Crippen LogP contribution is 2.49. The van der Waals surface area contributed by atoms with Gasteiger partial charge in [-0.05, 0) is 51.6 Å². The maximum atomic E-state index is 11.4. The Morgan fingerprint density at radius 3 is 2.41 bits per heavy atom. The van der Waals surface area contributed by atoms with E-state index in [4.69, 9.17) is 4.74 Å². The van der Waals surface area contributed by atoms with E-state index in [0.717, 1.165) is 29.1 Å². The van der Waals surface area contributed by atoms with Crippen molar-refractivity contribution >= 4 is 5.97 Å². The number of aryl methyl sites for hydroxylation is 1. The third-order valence-corrected chi connectivity index (χ3v) is 6.66. The highest BCUT2D eigenvalue weighted by atomic mass is 16.5. The highest BCUT2D eigenvalue weighted by Gasteiger charge is 2.41. The van der Waals surface area contributed by atoms with Crippen LogP contribution in [-0.4, -0.2) is 20.6 Å². The number of carbonyl (C=O) groups is 1. The number of aromatic nitrogens is 2. The summed E-state index contributed by atoms with van der Waals surface area (Å²) in [6.45, 7) is 9.78. The van der Waals surface area contributed by atoms with Crippen molar-refractivity contribution in [2.45, 2.75) is 63.9 Å². The van der Waals surface area contributed by atoms with Crippen LogP contribution in [0, 0.1) is 0 Å². The normalized spacial score (nSPS) is 17.0. The Hall–Kier alpha value is -3.08. The first kappa shape index (κ1) is 22.1. The van der Waals surface area contributed by atoms with Crippen LogP contribution in [0.3, 0.4) is 0 Å². The molecule has 4 rings (SSSR count). The molecule has 1 atom stereocenters. The van der Waals surface area contributed by atoms with Gasteiger partial charge >= 0.3 is 5.97 Å².